The minimum atomic E-state index is -0.601. The molecule has 2 aromatic rings. The second-order valence-electron chi connectivity index (χ2n) is 8.37. The lowest BCUT2D eigenvalue weighted by Crippen LogP contribution is -2.53. The maximum Gasteiger partial charge on any atom is 0.253 e. The Bertz CT molecular complexity index is 905. The van der Waals surface area contributed by atoms with Gasteiger partial charge >= 0.3 is 0 Å². The number of hydrogen-bond donors (Lipinski definition) is 1. The summed E-state index contributed by atoms with van der Waals surface area (Å²) in [6.07, 6.45) is 6.14. The molecule has 1 saturated heterocycles. The molecule has 1 saturated carbocycles. The van der Waals surface area contributed by atoms with Crippen LogP contribution in [0.15, 0.2) is 28.8 Å². The molecule has 8 heteroatoms. The van der Waals surface area contributed by atoms with E-state index in [1.54, 1.807) is 11.8 Å². The van der Waals surface area contributed by atoms with E-state index >= 15 is 0 Å². The number of nitrogens with zero attached hydrogens (tertiary/aromatic N) is 3. The zero-order valence-electron chi connectivity index (χ0n) is 17.2. The molecule has 1 aliphatic carbocycles. The summed E-state index contributed by atoms with van der Waals surface area (Å²) in [6.45, 7) is 2.69. The number of nitrogens with one attached hydrogen (secondary N) is 1. The molecule has 2 heterocycles. The Morgan fingerprint density at radius 3 is 2.57 bits per heavy atom. The quantitative estimate of drug-likeness (QED) is 0.829. The molecule has 0 bridgehead atoms. The smallest absolute Gasteiger partial charge is 0.253 e. The van der Waals surface area contributed by atoms with Crippen molar-refractivity contribution in [2.75, 3.05) is 13.1 Å². The minimum absolute atomic E-state index is 0.0732. The number of aryl methyl sites for hydroxylation is 1. The highest BCUT2D eigenvalue weighted by Gasteiger charge is 2.41. The predicted octanol–water partition coefficient (Wildman–Crippen LogP) is 3.35. The van der Waals surface area contributed by atoms with Gasteiger partial charge in [-0.25, -0.2) is 4.39 Å². The summed E-state index contributed by atoms with van der Waals surface area (Å²) < 4.78 is 18.3. The van der Waals surface area contributed by atoms with E-state index in [1.165, 1.54) is 24.3 Å². The van der Waals surface area contributed by atoms with E-state index in [2.05, 4.69) is 15.5 Å². The zero-order chi connectivity index (χ0) is 21.1. The van der Waals surface area contributed by atoms with Crippen LogP contribution < -0.4 is 5.32 Å². The Morgan fingerprint density at radius 2 is 1.90 bits per heavy atom. The van der Waals surface area contributed by atoms with E-state index in [-0.39, 0.29) is 23.5 Å². The third-order valence-electron chi connectivity index (χ3n) is 6.20. The van der Waals surface area contributed by atoms with Gasteiger partial charge in [0.25, 0.3) is 5.91 Å². The molecular weight excluding hydrogens is 387 g/mol. The normalized spacial score (nSPS) is 21.3. The van der Waals surface area contributed by atoms with Crippen LogP contribution in [-0.2, 0) is 10.3 Å². The lowest BCUT2D eigenvalue weighted by atomic mass is 9.80. The molecule has 2 amide bonds. The summed E-state index contributed by atoms with van der Waals surface area (Å²) in [7, 11) is 0. The number of piperidine rings is 1. The number of rotatable bonds is 4. The van der Waals surface area contributed by atoms with Crippen LogP contribution in [-0.4, -0.2) is 39.9 Å². The summed E-state index contributed by atoms with van der Waals surface area (Å²) in [6, 6.07) is 5.52. The van der Waals surface area contributed by atoms with Gasteiger partial charge in [0.2, 0.25) is 11.8 Å². The van der Waals surface area contributed by atoms with Crippen LogP contribution in [0.2, 0.25) is 0 Å². The third-order valence-corrected chi connectivity index (χ3v) is 6.20. The molecule has 7 nitrogen and oxygen atoms in total. The molecule has 2 fully saturated rings. The number of amides is 2. The SMILES string of the molecule is Cc1nc(C2(NC(=O)[C@H]3CCCN(C(=O)c4ccc(F)cc4)C3)CCCCC2)no1. The molecule has 1 aliphatic heterocycles. The monoisotopic (exact) mass is 414 g/mol. The first-order chi connectivity index (χ1) is 14.5. The van der Waals surface area contributed by atoms with Gasteiger partial charge in [-0.1, -0.05) is 24.4 Å². The van der Waals surface area contributed by atoms with Crippen molar-refractivity contribution in [2.24, 2.45) is 5.92 Å². The summed E-state index contributed by atoms with van der Waals surface area (Å²) in [5.74, 6) is 0.109. The molecule has 1 atom stereocenters. The fourth-order valence-corrected chi connectivity index (χ4v) is 4.54. The molecular formula is C22H27FN4O3. The molecule has 1 N–H and O–H groups in total. The average molecular weight is 414 g/mol. The Hall–Kier alpha value is -2.77. The lowest BCUT2D eigenvalue weighted by molar-refractivity contribution is -0.129. The second-order valence-corrected chi connectivity index (χ2v) is 8.37. The number of carbonyl (C=O) groups is 2. The molecule has 30 heavy (non-hydrogen) atoms. The van der Waals surface area contributed by atoms with Crippen molar-refractivity contribution in [3.63, 3.8) is 0 Å². The van der Waals surface area contributed by atoms with Crippen molar-refractivity contribution in [3.8, 4) is 0 Å². The molecule has 0 unspecified atom stereocenters. The van der Waals surface area contributed by atoms with Crippen LogP contribution in [0.4, 0.5) is 4.39 Å². The number of hydrogen-bond acceptors (Lipinski definition) is 5. The number of halogens is 1. The maximum absolute atomic E-state index is 13.2. The zero-order valence-corrected chi connectivity index (χ0v) is 17.2. The van der Waals surface area contributed by atoms with Crippen molar-refractivity contribution in [3.05, 3.63) is 47.4 Å². The third kappa shape index (κ3) is 4.22. The fraction of sp³-hybridized carbons (Fsp3) is 0.545. The Labute approximate surface area is 175 Å². The van der Waals surface area contributed by atoms with Gasteiger partial charge in [-0.2, -0.15) is 4.98 Å². The van der Waals surface area contributed by atoms with E-state index in [4.69, 9.17) is 4.52 Å². The summed E-state index contributed by atoms with van der Waals surface area (Å²) in [4.78, 5) is 32.1. The Balaban J connectivity index is 1.46. The van der Waals surface area contributed by atoms with Gasteiger partial charge in [0, 0.05) is 25.6 Å². The molecule has 160 valence electrons. The number of carbonyl (C=O) groups excluding carboxylic acids is 2. The van der Waals surface area contributed by atoms with E-state index in [9.17, 15) is 14.0 Å². The standard InChI is InChI=1S/C22H27FN4O3/c1-15-24-21(26-30-15)22(11-3-2-4-12-22)25-19(28)17-6-5-13-27(14-17)20(29)16-7-9-18(23)10-8-16/h7-10,17H,2-6,11-14H2,1H3,(H,25,28)/t17-/m0/s1. The molecule has 0 radical (unpaired) electrons. The van der Waals surface area contributed by atoms with Crippen molar-refractivity contribution >= 4 is 11.8 Å². The van der Waals surface area contributed by atoms with Crippen LogP contribution in [0.5, 0.6) is 0 Å². The molecule has 0 spiro atoms. The summed E-state index contributed by atoms with van der Waals surface area (Å²) in [5, 5.41) is 7.33. The predicted molar refractivity (Wildman–Crippen MR) is 107 cm³/mol. The highest BCUT2D eigenvalue weighted by molar-refractivity contribution is 5.94. The highest BCUT2D eigenvalue weighted by atomic mass is 19.1. The average Bonchev–Trinajstić information content (AvgIpc) is 3.21. The summed E-state index contributed by atoms with van der Waals surface area (Å²) >= 11 is 0. The van der Waals surface area contributed by atoms with E-state index in [1.807, 2.05) is 0 Å². The van der Waals surface area contributed by atoms with E-state index in [0.29, 0.717) is 30.4 Å². The summed E-state index contributed by atoms with van der Waals surface area (Å²) in [5.41, 5.74) is -0.167. The van der Waals surface area contributed by atoms with Crippen molar-refractivity contribution < 1.29 is 18.5 Å². The topological polar surface area (TPSA) is 88.3 Å². The number of likely N-dealkylation sites (tertiary alicyclic amines) is 1. The van der Waals surface area contributed by atoms with Gasteiger partial charge in [0.15, 0.2) is 5.82 Å². The van der Waals surface area contributed by atoms with Crippen molar-refractivity contribution in [1.82, 2.24) is 20.4 Å². The molecule has 4 rings (SSSR count). The van der Waals surface area contributed by atoms with Crippen LogP contribution >= 0.6 is 0 Å². The first kappa shape index (κ1) is 20.5. The first-order valence-corrected chi connectivity index (χ1v) is 10.6. The minimum Gasteiger partial charge on any atom is -0.343 e. The van der Waals surface area contributed by atoms with Gasteiger partial charge in [-0.05, 0) is 49.9 Å². The Kier molecular flexibility index (Phi) is 5.83. The van der Waals surface area contributed by atoms with Crippen LogP contribution in [0.1, 0.15) is 67.0 Å². The first-order valence-electron chi connectivity index (χ1n) is 10.6. The highest BCUT2D eigenvalue weighted by Crippen LogP contribution is 2.36. The van der Waals surface area contributed by atoms with Crippen LogP contribution in [0.25, 0.3) is 0 Å². The van der Waals surface area contributed by atoms with Gasteiger partial charge in [-0.15, -0.1) is 0 Å². The van der Waals surface area contributed by atoms with Crippen molar-refractivity contribution in [1.29, 1.82) is 0 Å². The van der Waals surface area contributed by atoms with Gasteiger partial charge in [-0.3, -0.25) is 9.59 Å². The maximum atomic E-state index is 13.2. The van der Waals surface area contributed by atoms with E-state index in [0.717, 1.165) is 44.9 Å². The van der Waals surface area contributed by atoms with Gasteiger partial charge < -0.3 is 14.7 Å². The molecule has 1 aromatic heterocycles. The fourth-order valence-electron chi connectivity index (χ4n) is 4.54. The van der Waals surface area contributed by atoms with Crippen LogP contribution in [0, 0.1) is 18.7 Å². The molecule has 1 aromatic carbocycles. The largest absolute Gasteiger partial charge is 0.343 e. The number of benzene rings is 1. The Morgan fingerprint density at radius 1 is 1.17 bits per heavy atom. The van der Waals surface area contributed by atoms with Crippen LogP contribution in [0.3, 0.4) is 0 Å². The molecule has 2 aliphatic rings. The van der Waals surface area contributed by atoms with Gasteiger partial charge in [0.1, 0.15) is 11.4 Å². The van der Waals surface area contributed by atoms with E-state index < -0.39 is 5.54 Å². The second kappa shape index (κ2) is 8.53. The lowest BCUT2D eigenvalue weighted by Gasteiger charge is -2.38. The van der Waals surface area contributed by atoms with Crippen molar-refractivity contribution in [2.45, 2.75) is 57.4 Å². The number of aromatic nitrogens is 2. The van der Waals surface area contributed by atoms with Gasteiger partial charge in [0.05, 0.1) is 5.92 Å².